The van der Waals surface area contributed by atoms with Gasteiger partial charge in [0.15, 0.2) is 5.11 Å². The van der Waals surface area contributed by atoms with Crippen LogP contribution in [0.5, 0.6) is 0 Å². The number of thiocarbonyl (C=S) groups is 1. The van der Waals surface area contributed by atoms with Crippen LogP contribution in [0.15, 0.2) is 78.9 Å². The number of hydrogen-bond donors (Lipinski definition) is 2. The fraction of sp³-hybridized carbons (Fsp3) is 0.0476. The summed E-state index contributed by atoms with van der Waals surface area (Å²) in [7, 11) is 0. The molecule has 0 radical (unpaired) electrons. The Kier molecular flexibility index (Phi) is 5.85. The third-order valence-corrected chi connectivity index (χ3v) is 4.39. The van der Waals surface area contributed by atoms with Crippen molar-refractivity contribution >= 4 is 40.3 Å². The first-order chi connectivity index (χ1) is 12.7. The third kappa shape index (κ3) is 4.40. The van der Waals surface area contributed by atoms with Crippen molar-refractivity contribution in [2.24, 2.45) is 0 Å². The molecule has 2 N–H and O–H groups in total. The Hall–Kier alpha value is -2.87. The van der Waals surface area contributed by atoms with Gasteiger partial charge in [-0.25, -0.2) is 0 Å². The summed E-state index contributed by atoms with van der Waals surface area (Å²) < 4.78 is 0. The quantitative estimate of drug-likeness (QED) is 0.564. The normalized spacial score (nSPS) is 11.2. The SMILES string of the molecule is N#C[C@@H](c1ccccc1)c1ccc(NC(=S)Nc2ccccc2)cc1Cl. The van der Waals surface area contributed by atoms with Crippen molar-refractivity contribution in [1.82, 2.24) is 0 Å². The Bertz CT molecular complexity index is 936. The van der Waals surface area contributed by atoms with E-state index in [0.29, 0.717) is 10.1 Å². The summed E-state index contributed by atoms with van der Waals surface area (Å²) in [6, 6.07) is 27.1. The number of halogens is 1. The highest BCUT2D eigenvalue weighted by atomic mass is 35.5. The van der Waals surface area contributed by atoms with Crippen LogP contribution in [-0.2, 0) is 0 Å². The van der Waals surface area contributed by atoms with Crippen molar-refractivity contribution in [3.63, 3.8) is 0 Å². The predicted octanol–water partition coefficient (Wildman–Crippen LogP) is 5.80. The van der Waals surface area contributed by atoms with Gasteiger partial charge in [-0.3, -0.25) is 0 Å². The summed E-state index contributed by atoms with van der Waals surface area (Å²) in [6.45, 7) is 0. The molecule has 0 aliphatic heterocycles. The second kappa shape index (κ2) is 8.48. The summed E-state index contributed by atoms with van der Waals surface area (Å²) in [5, 5.41) is 16.8. The lowest BCUT2D eigenvalue weighted by molar-refractivity contribution is 1.04. The zero-order valence-corrected chi connectivity index (χ0v) is 15.4. The minimum atomic E-state index is -0.410. The van der Waals surface area contributed by atoms with Crippen LogP contribution in [-0.4, -0.2) is 5.11 Å². The second-order valence-electron chi connectivity index (χ2n) is 5.65. The minimum absolute atomic E-state index is 0.410. The van der Waals surface area contributed by atoms with Crippen LogP contribution in [0.4, 0.5) is 11.4 Å². The van der Waals surface area contributed by atoms with Gasteiger partial charge in [-0.15, -0.1) is 0 Å². The first-order valence-electron chi connectivity index (χ1n) is 8.04. The van der Waals surface area contributed by atoms with E-state index < -0.39 is 5.92 Å². The summed E-state index contributed by atoms with van der Waals surface area (Å²) >= 11 is 11.8. The molecule has 3 nitrogen and oxygen atoms in total. The maximum atomic E-state index is 9.58. The van der Waals surface area contributed by atoms with Gasteiger partial charge in [0.1, 0.15) is 0 Å². The number of benzene rings is 3. The van der Waals surface area contributed by atoms with Gasteiger partial charge in [-0.1, -0.05) is 66.2 Å². The van der Waals surface area contributed by atoms with E-state index in [1.54, 1.807) is 6.07 Å². The van der Waals surface area contributed by atoms with Crippen molar-refractivity contribution in [3.8, 4) is 6.07 Å². The Morgan fingerprint density at radius 3 is 2.12 bits per heavy atom. The van der Waals surface area contributed by atoms with E-state index >= 15 is 0 Å². The average molecular weight is 378 g/mol. The topological polar surface area (TPSA) is 47.9 Å². The molecule has 128 valence electrons. The van der Waals surface area contributed by atoms with Crippen LogP contribution in [0, 0.1) is 11.3 Å². The van der Waals surface area contributed by atoms with Crippen molar-refractivity contribution in [2.45, 2.75) is 5.92 Å². The molecule has 0 amide bonds. The molecule has 0 spiro atoms. The lowest BCUT2D eigenvalue weighted by Crippen LogP contribution is -2.19. The van der Waals surface area contributed by atoms with Crippen LogP contribution in [0.3, 0.4) is 0 Å². The van der Waals surface area contributed by atoms with E-state index in [1.165, 1.54) is 0 Å². The number of para-hydroxylation sites is 1. The van der Waals surface area contributed by atoms with Gasteiger partial charge in [0, 0.05) is 16.4 Å². The summed E-state index contributed by atoms with van der Waals surface area (Å²) in [4.78, 5) is 0. The molecule has 3 rings (SSSR count). The number of nitrogens with one attached hydrogen (secondary N) is 2. The van der Waals surface area contributed by atoms with Crippen LogP contribution >= 0.6 is 23.8 Å². The summed E-state index contributed by atoms with van der Waals surface area (Å²) in [6.07, 6.45) is 0. The Morgan fingerprint density at radius 1 is 0.885 bits per heavy atom. The molecule has 0 heterocycles. The van der Waals surface area contributed by atoms with Crippen molar-refractivity contribution in [1.29, 1.82) is 5.26 Å². The number of nitriles is 1. The molecule has 0 saturated heterocycles. The fourth-order valence-corrected chi connectivity index (χ4v) is 3.15. The summed E-state index contributed by atoms with van der Waals surface area (Å²) in [5.74, 6) is -0.410. The van der Waals surface area contributed by atoms with E-state index in [0.717, 1.165) is 22.5 Å². The van der Waals surface area contributed by atoms with Crippen molar-refractivity contribution in [2.75, 3.05) is 10.6 Å². The molecular weight excluding hydrogens is 362 g/mol. The average Bonchev–Trinajstić information content (AvgIpc) is 2.65. The van der Waals surface area contributed by atoms with Crippen molar-refractivity contribution < 1.29 is 0 Å². The van der Waals surface area contributed by atoms with Gasteiger partial charge >= 0.3 is 0 Å². The maximum Gasteiger partial charge on any atom is 0.175 e. The molecule has 26 heavy (non-hydrogen) atoms. The van der Waals surface area contributed by atoms with E-state index in [-0.39, 0.29) is 0 Å². The Balaban J connectivity index is 1.75. The zero-order chi connectivity index (χ0) is 18.4. The first-order valence-corrected chi connectivity index (χ1v) is 8.83. The van der Waals surface area contributed by atoms with Crippen LogP contribution in [0.2, 0.25) is 5.02 Å². The molecule has 0 aliphatic carbocycles. The van der Waals surface area contributed by atoms with Crippen molar-refractivity contribution in [3.05, 3.63) is 95.0 Å². The molecule has 0 unspecified atom stereocenters. The lowest BCUT2D eigenvalue weighted by Gasteiger charge is -2.15. The molecule has 0 saturated carbocycles. The highest BCUT2D eigenvalue weighted by Crippen LogP contribution is 2.31. The van der Waals surface area contributed by atoms with E-state index in [1.807, 2.05) is 72.8 Å². The number of nitrogens with zero attached hydrogens (tertiary/aromatic N) is 1. The monoisotopic (exact) mass is 377 g/mol. The first kappa shape index (κ1) is 17.9. The number of hydrogen-bond acceptors (Lipinski definition) is 2. The van der Waals surface area contributed by atoms with Gasteiger partial charge in [0.05, 0.1) is 12.0 Å². The molecule has 0 bridgehead atoms. The predicted molar refractivity (Wildman–Crippen MR) is 112 cm³/mol. The van der Waals surface area contributed by atoms with E-state index in [4.69, 9.17) is 23.8 Å². The smallest absolute Gasteiger partial charge is 0.175 e. The van der Waals surface area contributed by atoms with Crippen LogP contribution < -0.4 is 10.6 Å². The zero-order valence-electron chi connectivity index (χ0n) is 13.8. The van der Waals surface area contributed by atoms with E-state index in [9.17, 15) is 5.26 Å². The maximum absolute atomic E-state index is 9.58. The molecule has 0 aromatic heterocycles. The molecule has 3 aromatic rings. The fourth-order valence-electron chi connectivity index (χ4n) is 2.62. The minimum Gasteiger partial charge on any atom is -0.332 e. The lowest BCUT2D eigenvalue weighted by atomic mass is 9.92. The van der Waals surface area contributed by atoms with E-state index in [2.05, 4.69) is 16.7 Å². The molecule has 5 heteroatoms. The Morgan fingerprint density at radius 2 is 1.50 bits per heavy atom. The molecular formula is C21H16ClN3S. The highest BCUT2D eigenvalue weighted by Gasteiger charge is 2.16. The molecule has 1 atom stereocenters. The van der Waals surface area contributed by atoms with Gasteiger partial charge in [0.25, 0.3) is 0 Å². The summed E-state index contributed by atoms with van der Waals surface area (Å²) in [5.41, 5.74) is 3.35. The largest absolute Gasteiger partial charge is 0.332 e. The molecule has 3 aromatic carbocycles. The van der Waals surface area contributed by atoms with Gasteiger partial charge in [-0.2, -0.15) is 5.26 Å². The highest BCUT2D eigenvalue weighted by molar-refractivity contribution is 7.80. The second-order valence-corrected chi connectivity index (χ2v) is 6.47. The number of anilines is 2. The Labute approximate surface area is 163 Å². The number of rotatable bonds is 4. The van der Waals surface area contributed by atoms with Gasteiger partial charge < -0.3 is 10.6 Å². The third-order valence-electron chi connectivity index (χ3n) is 3.86. The van der Waals surface area contributed by atoms with Gasteiger partial charge in [-0.05, 0) is 47.6 Å². The van der Waals surface area contributed by atoms with Crippen LogP contribution in [0.1, 0.15) is 17.0 Å². The molecule has 0 aliphatic rings. The van der Waals surface area contributed by atoms with Gasteiger partial charge in [0.2, 0.25) is 0 Å². The van der Waals surface area contributed by atoms with Crippen LogP contribution in [0.25, 0.3) is 0 Å². The standard InChI is InChI=1S/C21H16ClN3S/c22-20-13-17(25-21(26)24-16-9-5-2-6-10-16)11-12-18(20)19(14-23)15-7-3-1-4-8-15/h1-13,19H,(H2,24,25,26)/t19-/m0/s1. The molecule has 0 fully saturated rings.